The van der Waals surface area contributed by atoms with Crippen molar-refractivity contribution in [3.63, 3.8) is 0 Å². The fourth-order valence-electron chi connectivity index (χ4n) is 2.12. The van der Waals surface area contributed by atoms with E-state index in [2.05, 4.69) is 10.5 Å². The normalized spacial score (nSPS) is 10.3. The van der Waals surface area contributed by atoms with Crippen molar-refractivity contribution in [1.82, 2.24) is 5.16 Å². The van der Waals surface area contributed by atoms with E-state index in [9.17, 15) is 4.79 Å². The van der Waals surface area contributed by atoms with Gasteiger partial charge in [-0.05, 0) is 43.3 Å². The lowest BCUT2D eigenvalue weighted by atomic mass is 10.1. The lowest BCUT2D eigenvalue weighted by molar-refractivity contribution is 0.101. The smallest absolute Gasteiger partial charge is 0.277 e. The molecule has 0 radical (unpaired) electrons. The van der Waals surface area contributed by atoms with E-state index in [-0.39, 0.29) is 11.6 Å². The first-order valence-corrected chi connectivity index (χ1v) is 7.32. The molecule has 5 nitrogen and oxygen atoms in total. The third-order valence-electron chi connectivity index (χ3n) is 3.22. The van der Waals surface area contributed by atoms with E-state index in [0.29, 0.717) is 18.1 Å². The number of rotatable bonds is 5. The number of nitrogens with zero attached hydrogens (tertiary/aromatic N) is 1. The zero-order valence-corrected chi connectivity index (χ0v) is 12.7. The zero-order chi connectivity index (χ0) is 16.1. The number of nitrogens with one attached hydrogen (secondary N) is 1. The Balaban J connectivity index is 1.73. The van der Waals surface area contributed by atoms with Gasteiger partial charge in [-0.1, -0.05) is 23.4 Å². The standard InChI is InChI=1S/C18H16N2O3/c1-2-22-15-10-8-13(9-11-15)17-12-16(20-23-17)18(21)19-14-6-4-3-5-7-14/h3-12H,2H2,1H3,(H,19,21). The SMILES string of the molecule is CCOc1ccc(-c2cc(C(=O)Nc3ccccc3)no2)cc1. The number of aromatic nitrogens is 1. The van der Waals surface area contributed by atoms with Crippen molar-refractivity contribution in [1.29, 1.82) is 0 Å². The van der Waals surface area contributed by atoms with E-state index < -0.39 is 0 Å². The van der Waals surface area contributed by atoms with Gasteiger partial charge in [-0.25, -0.2) is 0 Å². The minimum atomic E-state index is -0.308. The maximum atomic E-state index is 12.1. The van der Waals surface area contributed by atoms with Gasteiger partial charge >= 0.3 is 0 Å². The molecule has 0 bridgehead atoms. The van der Waals surface area contributed by atoms with E-state index in [0.717, 1.165) is 11.3 Å². The van der Waals surface area contributed by atoms with Crippen molar-refractivity contribution >= 4 is 11.6 Å². The average molecular weight is 308 g/mol. The number of benzene rings is 2. The molecule has 0 aliphatic rings. The number of amides is 1. The van der Waals surface area contributed by atoms with Crippen LogP contribution in [0.15, 0.2) is 65.2 Å². The molecule has 0 fully saturated rings. The Kier molecular flexibility index (Phi) is 4.38. The monoisotopic (exact) mass is 308 g/mol. The van der Waals surface area contributed by atoms with Crippen molar-refractivity contribution in [2.24, 2.45) is 0 Å². The van der Waals surface area contributed by atoms with Crippen molar-refractivity contribution in [3.05, 3.63) is 66.4 Å². The molecule has 1 amide bonds. The summed E-state index contributed by atoms with van der Waals surface area (Å²) in [5.41, 5.74) is 1.78. The van der Waals surface area contributed by atoms with Crippen LogP contribution in [-0.2, 0) is 0 Å². The first-order valence-electron chi connectivity index (χ1n) is 7.32. The number of anilines is 1. The van der Waals surface area contributed by atoms with Gasteiger partial charge in [0, 0.05) is 17.3 Å². The van der Waals surface area contributed by atoms with Crippen LogP contribution < -0.4 is 10.1 Å². The number of para-hydroxylation sites is 1. The van der Waals surface area contributed by atoms with Crippen LogP contribution in [0.1, 0.15) is 17.4 Å². The Bertz CT molecular complexity index is 780. The fraction of sp³-hybridized carbons (Fsp3) is 0.111. The molecular formula is C18H16N2O3. The molecule has 1 aromatic heterocycles. The van der Waals surface area contributed by atoms with Crippen LogP contribution in [0.3, 0.4) is 0 Å². The molecular weight excluding hydrogens is 292 g/mol. The van der Waals surface area contributed by atoms with E-state index in [4.69, 9.17) is 9.26 Å². The zero-order valence-electron chi connectivity index (χ0n) is 12.7. The molecule has 23 heavy (non-hydrogen) atoms. The Labute approximate surface area is 133 Å². The maximum absolute atomic E-state index is 12.1. The highest BCUT2D eigenvalue weighted by atomic mass is 16.5. The molecule has 1 heterocycles. The molecule has 0 aliphatic heterocycles. The third-order valence-corrected chi connectivity index (χ3v) is 3.22. The summed E-state index contributed by atoms with van der Waals surface area (Å²) in [5.74, 6) is 1.02. The van der Waals surface area contributed by atoms with Gasteiger partial charge in [0.25, 0.3) is 5.91 Å². The molecule has 0 aliphatic carbocycles. The summed E-state index contributed by atoms with van der Waals surface area (Å²) in [4.78, 5) is 12.1. The molecule has 5 heteroatoms. The van der Waals surface area contributed by atoms with E-state index in [1.807, 2.05) is 61.5 Å². The van der Waals surface area contributed by atoms with Crippen LogP contribution in [0.5, 0.6) is 5.75 Å². The molecule has 3 rings (SSSR count). The first-order chi connectivity index (χ1) is 11.3. The second kappa shape index (κ2) is 6.79. The highest BCUT2D eigenvalue weighted by Gasteiger charge is 2.14. The predicted octanol–water partition coefficient (Wildman–Crippen LogP) is 3.99. The number of hydrogen-bond acceptors (Lipinski definition) is 4. The number of ether oxygens (including phenoxy) is 1. The minimum absolute atomic E-state index is 0.234. The van der Waals surface area contributed by atoms with Gasteiger partial charge in [-0.2, -0.15) is 0 Å². The van der Waals surface area contributed by atoms with Crippen molar-refractivity contribution < 1.29 is 14.1 Å². The number of hydrogen-bond donors (Lipinski definition) is 1. The van der Waals surface area contributed by atoms with Gasteiger partial charge < -0.3 is 14.6 Å². The molecule has 116 valence electrons. The van der Waals surface area contributed by atoms with Crippen LogP contribution in [0.4, 0.5) is 5.69 Å². The van der Waals surface area contributed by atoms with Crippen molar-refractivity contribution in [2.45, 2.75) is 6.92 Å². The van der Waals surface area contributed by atoms with Gasteiger partial charge in [0.15, 0.2) is 11.5 Å². The van der Waals surface area contributed by atoms with Gasteiger partial charge in [0.1, 0.15) is 5.75 Å². The Morgan fingerprint density at radius 2 is 1.87 bits per heavy atom. The van der Waals surface area contributed by atoms with Crippen LogP contribution >= 0.6 is 0 Å². The highest BCUT2D eigenvalue weighted by molar-refractivity contribution is 6.03. The maximum Gasteiger partial charge on any atom is 0.277 e. The fourth-order valence-corrected chi connectivity index (χ4v) is 2.12. The van der Waals surface area contributed by atoms with Gasteiger partial charge in [0.05, 0.1) is 6.61 Å². The molecule has 0 unspecified atom stereocenters. The minimum Gasteiger partial charge on any atom is -0.494 e. The van der Waals surface area contributed by atoms with E-state index >= 15 is 0 Å². The van der Waals surface area contributed by atoms with E-state index in [1.54, 1.807) is 6.07 Å². The van der Waals surface area contributed by atoms with Crippen LogP contribution in [-0.4, -0.2) is 17.7 Å². The van der Waals surface area contributed by atoms with Crippen molar-refractivity contribution in [3.8, 4) is 17.1 Å². The van der Waals surface area contributed by atoms with Gasteiger partial charge in [0.2, 0.25) is 0 Å². The summed E-state index contributed by atoms with van der Waals surface area (Å²) in [7, 11) is 0. The molecule has 1 N–H and O–H groups in total. The van der Waals surface area contributed by atoms with Gasteiger partial charge in [-0.15, -0.1) is 0 Å². The molecule has 0 spiro atoms. The summed E-state index contributed by atoms with van der Waals surface area (Å²) in [6, 6.07) is 18.3. The second-order valence-electron chi connectivity index (χ2n) is 4.85. The van der Waals surface area contributed by atoms with E-state index in [1.165, 1.54) is 0 Å². The largest absolute Gasteiger partial charge is 0.494 e. The highest BCUT2D eigenvalue weighted by Crippen LogP contribution is 2.23. The van der Waals surface area contributed by atoms with Crippen LogP contribution in [0.25, 0.3) is 11.3 Å². The molecule has 0 saturated carbocycles. The first kappa shape index (κ1) is 14.8. The number of carbonyl (C=O) groups excluding carboxylic acids is 1. The summed E-state index contributed by atoms with van der Waals surface area (Å²) in [5, 5.41) is 6.60. The Morgan fingerprint density at radius 1 is 1.13 bits per heavy atom. The number of carbonyl (C=O) groups is 1. The summed E-state index contributed by atoms with van der Waals surface area (Å²) < 4.78 is 10.7. The third kappa shape index (κ3) is 3.58. The molecule has 2 aromatic carbocycles. The Hall–Kier alpha value is -3.08. The predicted molar refractivity (Wildman–Crippen MR) is 87.5 cm³/mol. The molecule has 0 saturated heterocycles. The molecule has 3 aromatic rings. The second-order valence-corrected chi connectivity index (χ2v) is 4.85. The molecule has 0 atom stereocenters. The quantitative estimate of drug-likeness (QED) is 0.774. The van der Waals surface area contributed by atoms with Crippen LogP contribution in [0, 0.1) is 0 Å². The summed E-state index contributed by atoms with van der Waals surface area (Å²) >= 11 is 0. The van der Waals surface area contributed by atoms with Crippen LogP contribution in [0.2, 0.25) is 0 Å². The Morgan fingerprint density at radius 3 is 2.57 bits per heavy atom. The topological polar surface area (TPSA) is 64.4 Å². The lowest BCUT2D eigenvalue weighted by Crippen LogP contribution is -2.11. The lowest BCUT2D eigenvalue weighted by Gasteiger charge is -2.02. The summed E-state index contributed by atoms with van der Waals surface area (Å²) in [6.45, 7) is 2.55. The van der Waals surface area contributed by atoms with Crippen molar-refractivity contribution in [2.75, 3.05) is 11.9 Å². The van der Waals surface area contributed by atoms with Gasteiger partial charge in [-0.3, -0.25) is 4.79 Å². The summed E-state index contributed by atoms with van der Waals surface area (Å²) in [6.07, 6.45) is 0. The average Bonchev–Trinajstić information content (AvgIpc) is 3.07.